The van der Waals surface area contributed by atoms with Gasteiger partial charge >= 0.3 is 11.8 Å². The number of nitrogens with zero attached hydrogens (tertiary/aromatic N) is 2. The molecule has 98 valence electrons. The van der Waals surface area contributed by atoms with Crippen LogP contribution in [0.15, 0.2) is 18.3 Å². The minimum Gasteiger partial charge on any atom is -0.338 e. The highest BCUT2D eigenvalue weighted by Gasteiger charge is 2.18. The molecule has 0 aliphatic rings. The molecule has 0 aromatic carbocycles. The SMILES string of the molecule is CCCCN(C)C(=O)C(=O)Nc1ccc(C)cn1. The molecule has 2 amide bonds. The van der Waals surface area contributed by atoms with E-state index in [9.17, 15) is 9.59 Å². The van der Waals surface area contributed by atoms with E-state index in [1.807, 2.05) is 19.9 Å². The Balaban J connectivity index is 2.54. The average molecular weight is 249 g/mol. The van der Waals surface area contributed by atoms with Crippen LogP contribution in [0.25, 0.3) is 0 Å². The Bertz CT molecular complexity index is 415. The molecule has 1 rings (SSSR count). The van der Waals surface area contributed by atoms with E-state index in [4.69, 9.17) is 0 Å². The molecule has 18 heavy (non-hydrogen) atoms. The van der Waals surface area contributed by atoms with Crippen molar-refractivity contribution in [3.63, 3.8) is 0 Å². The molecule has 1 heterocycles. The van der Waals surface area contributed by atoms with Gasteiger partial charge in [-0.2, -0.15) is 0 Å². The maximum Gasteiger partial charge on any atom is 0.315 e. The van der Waals surface area contributed by atoms with E-state index in [-0.39, 0.29) is 0 Å². The van der Waals surface area contributed by atoms with E-state index in [1.54, 1.807) is 19.3 Å². The highest BCUT2D eigenvalue weighted by atomic mass is 16.2. The van der Waals surface area contributed by atoms with Gasteiger partial charge in [0.05, 0.1) is 0 Å². The van der Waals surface area contributed by atoms with Gasteiger partial charge in [0, 0.05) is 19.8 Å². The Kier molecular flexibility index (Phi) is 5.30. The zero-order valence-electron chi connectivity index (χ0n) is 11.1. The Hall–Kier alpha value is -1.91. The maximum atomic E-state index is 11.7. The normalized spacial score (nSPS) is 9.94. The lowest BCUT2D eigenvalue weighted by Crippen LogP contribution is -2.37. The molecule has 0 spiro atoms. The number of hydrogen-bond donors (Lipinski definition) is 1. The predicted molar refractivity (Wildman–Crippen MR) is 70.1 cm³/mol. The number of aromatic nitrogens is 1. The van der Waals surface area contributed by atoms with Crippen LogP contribution in [0, 0.1) is 6.92 Å². The zero-order valence-corrected chi connectivity index (χ0v) is 11.1. The Morgan fingerprint density at radius 1 is 1.39 bits per heavy atom. The summed E-state index contributed by atoms with van der Waals surface area (Å²) in [4.78, 5) is 28.8. The number of amides is 2. The highest BCUT2D eigenvalue weighted by Crippen LogP contribution is 2.04. The molecule has 5 heteroatoms. The smallest absolute Gasteiger partial charge is 0.315 e. The monoisotopic (exact) mass is 249 g/mol. The third-order valence-electron chi connectivity index (χ3n) is 2.54. The minimum absolute atomic E-state index is 0.392. The van der Waals surface area contributed by atoms with Crippen LogP contribution < -0.4 is 5.32 Å². The number of carbonyl (C=O) groups excluding carboxylic acids is 2. The Morgan fingerprint density at radius 2 is 2.11 bits per heavy atom. The fraction of sp³-hybridized carbons (Fsp3) is 0.462. The number of nitrogens with one attached hydrogen (secondary N) is 1. The number of hydrogen-bond acceptors (Lipinski definition) is 3. The summed E-state index contributed by atoms with van der Waals surface area (Å²) >= 11 is 0. The van der Waals surface area contributed by atoms with Crippen LogP contribution in [0.3, 0.4) is 0 Å². The summed E-state index contributed by atoms with van der Waals surface area (Å²) in [5.41, 5.74) is 0.999. The summed E-state index contributed by atoms with van der Waals surface area (Å²) in [6.45, 7) is 4.53. The van der Waals surface area contributed by atoms with Crippen molar-refractivity contribution < 1.29 is 9.59 Å². The number of unbranched alkanes of at least 4 members (excludes halogenated alkanes) is 1. The van der Waals surface area contributed by atoms with E-state index in [1.165, 1.54) is 4.90 Å². The van der Waals surface area contributed by atoms with E-state index < -0.39 is 11.8 Å². The summed E-state index contributed by atoms with van der Waals surface area (Å²) in [5.74, 6) is -0.793. The Labute approximate surface area is 107 Å². The van der Waals surface area contributed by atoms with E-state index in [0.29, 0.717) is 12.4 Å². The van der Waals surface area contributed by atoms with Gasteiger partial charge in [0.2, 0.25) is 0 Å². The molecule has 1 N–H and O–H groups in total. The standard InChI is InChI=1S/C13H19N3O2/c1-4-5-8-16(3)13(18)12(17)15-11-7-6-10(2)9-14-11/h6-7,9H,4-5,8H2,1-3H3,(H,14,15,17). The third-order valence-corrected chi connectivity index (χ3v) is 2.54. The lowest BCUT2D eigenvalue weighted by Gasteiger charge is -2.15. The molecular weight excluding hydrogens is 230 g/mol. The van der Waals surface area contributed by atoms with Gasteiger partial charge in [-0.3, -0.25) is 9.59 Å². The number of likely N-dealkylation sites (N-methyl/N-ethyl adjacent to an activating group) is 1. The van der Waals surface area contributed by atoms with Gasteiger partial charge in [-0.15, -0.1) is 0 Å². The molecule has 0 aliphatic carbocycles. The van der Waals surface area contributed by atoms with Gasteiger partial charge in [0.1, 0.15) is 5.82 Å². The molecule has 0 saturated heterocycles. The van der Waals surface area contributed by atoms with E-state index in [2.05, 4.69) is 10.3 Å². The molecule has 0 unspecified atom stereocenters. The number of anilines is 1. The number of aryl methyl sites for hydroxylation is 1. The zero-order chi connectivity index (χ0) is 13.5. The van der Waals surface area contributed by atoms with Crippen LogP contribution in [0.1, 0.15) is 25.3 Å². The maximum absolute atomic E-state index is 11.7. The summed E-state index contributed by atoms with van der Waals surface area (Å²) < 4.78 is 0. The fourth-order valence-electron chi connectivity index (χ4n) is 1.38. The number of pyridine rings is 1. The topological polar surface area (TPSA) is 62.3 Å². The van der Waals surface area contributed by atoms with Crippen LogP contribution >= 0.6 is 0 Å². The van der Waals surface area contributed by atoms with Gasteiger partial charge < -0.3 is 10.2 Å². The fourth-order valence-corrected chi connectivity index (χ4v) is 1.38. The second kappa shape index (κ2) is 6.74. The van der Waals surface area contributed by atoms with Crippen molar-refractivity contribution in [1.29, 1.82) is 0 Å². The quantitative estimate of drug-likeness (QED) is 0.824. The summed E-state index contributed by atoms with van der Waals surface area (Å²) in [5, 5.41) is 2.48. The van der Waals surface area contributed by atoms with Crippen LogP contribution in [-0.4, -0.2) is 35.3 Å². The summed E-state index contributed by atoms with van der Waals surface area (Å²) in [7, 11) is 1.63. The van der Waals surface area contributed by atoms with Crippen molar-refractivity contribution in [2.45, 2.75) is 26.7 Å². The first-order valence-electron chi connectivity index (χ1n) is 6.03. The first-order chi connectivity index (χ1) is 8.54. The summed E-state index contributed by atoms with van der Waals surface area (Å²) in [6, 6.07) is 3.50. The molecule has 0 saturated carbocycles. The van der Waals surface area contributed by atoms with Gasteiger partial charge in [0.25, 0.3) is 0 Å². The van der Waals surface area contributed by atoms with E-state index in [0.717, 1.165) is 18.4 Å². The molecule has 1 aromatic rings. The number of rotatable bonds is 4. The van der Waals surface area contributed by atoms with Crippen molar-refractivity contribution >= 4 is 17.6 Å². The lowest BCUT2D eigenvalue weighted by atomic mass is 10.3. The van der Waals surface area contributed by atoms with Crippen LogP contribution in [0.4, 0.5) is 5.82 Å². The predicted octanol–water partition coefficient (Wildman–Crippen LogP) is 1.59. The first kappa shape index (κ1) is 14.2. The minimum atomic E-state index is -0.648. The van der Waals surface area contributed by atoms with E-state index >= 15 is 0 Å². The highest BCUT2D eigenvalue weighted by molar-refractivity contribution is 6.39. The summed E-state index contributed by atoms with van der Waals surface area (Å²) in [6.07, 6.45) is 3.51. The molecular formula is C13H19N3O2. The molecule has 0 radical (unpaired) electrons. The van der Waals surface area contributed by atoms with Crippen molar-refractivity contribution in [3.05, 3.63) is 23.9 Å². The molecule has 0 atom stereocenters. The van der Waals surface area contributed by atoms with Crippen molar-refractivity contribution in [2.75, 3.05) is 18.9 Å². The second-order valence-electron chi connectivity index (χ2n) is 4.26. The number of carbonyl (C=O) groups is 2. The first-order valence-corrected chi connectivity index (χ1v) is 6.03. The third kappa shape index (κ3) is 4.16. The van der Waals surface area contributed by atoms with Gasteiger partial charge in [-0.1, -0.05) is 19.4 Å². The van der Waals surface area contributed by atoms with Gasteiger partial charge in [-0.05, 0) is 25.0 Å². The lowest BCUT2D eigenvalue weighted by molar-refractivity contribution is -0.142. The Morgan fingerprint density at radius 3 is 2.67 bits per heavy atom. The van der Waals surface area contributed by atoms with Gasteiger partial charge in [-0.25, -0.2) is 4.98 Å². The molecule has 0 bridgehead atoms. The second-order valence-corrected chi connectivity index (χ2v) is 4.26. The van der Waals surface area contributed by atoms with Crippen molar-refractivity contribution in [3.8, 4) is 0 Å². The molecule has 5 nitrogen and oxygen atoms in total. The van der Waals surface area contributed by atoms with Gasteiger partial charge in [0.15, 0.2) is 0 Å². The molecule has 1 aromatic heterocycles. The van der Waals surface area contributed by atoms with Crippen LogP contribution in [0.5, 0.6) is 0 Å². The van der Waals surface area contributed by atoms with Crippen molar-refractivity contribution in [2.24, 2.45) is 0 Å². The van der Waals surface area contributed by atoms with Crippen LogP contribution in [0.2, 0.25) is 0 Å². The molecule has 0 fully saturated rings. The largest absolute Gasteiger partial charge is 0.338 e. The van der Waals surface area contributed by atoms with Crippen molar-refractivity contribution in [1.82, 2.24) is 9.88 Å². The van der Waals surface area contributed by atoms with Crippen LogP contribution in [-0.2, 0) is 9.59 Å². The molecule has 0 aliphatic heterocycles. The average Bonchev–Trinajstić information content (AvgIpc) is 2.37.